The molecule has 94 valence electrons. The highest BCUT2D eigenvalue weighted by molar-refractivity contribution is 5.86. The molecule has 2 rings (SSSR count). The van der Waals surface area contributed by atoms with Gasteiger partial charge in [0.1, 0.15) is 5.76 Å². The SMILES string of the molecule is COC(=O)c1ccc(C(O)c2cccc(C)n2)o1. The molecule has 0 saturated heterocycles. The Labute approximate surface area is 104 Å². The van der Waals surface area contributed by atoms with Gasteiger partial charge in [-0.1, -0.05) is 6.07 Å². The van der Waals surface area contributed by atoms with Crippen LogP contribution in [-0.4, -0.2) is 23.2 Å². The van der Waals surface area contributed by atoms with Gasteiger partial charge in [0.2, 0.25) is 5.76 Å². The maximum atomic E-state index is 11.2. The quantitative estimate of drug-likeness (QED) is 0.838. The molecule has 0 aliphatic rings. The van der Waals surface area contributed by atoms with Crippen molar-refractivity contribution < 1.29 is 19.1 Å². The predicted molar refractivity (Wildman–Crippen MR) is 63.1 cm³/mol. The molecule has 0 aromatic carbocycles. The van der Waals surface area contributed by atoms with Gasteiger partial charge < -0.3 is 14.3 Å². The molecule has 5 nitrogen and oxygen atoms in total. The molecule has 0 spiro atoms. The highest BCUT2D eigenvalue weighted by atomic mass is 16.5. The average molecular weight is 247 g/mol. The van der Waals surface area contributed by atoms with Crippen molar-refractivity contribution >= 4 is 5.97 Å². The lowest BCUT2D eigenvalue weighted by Crippen LogP contribution is -2.02. The summed E-state index contributed by atoms with van der Waals surface area (Å²) in [7, 11) is 1.27. The maximum absolute atomic E-state index is 11.2. The number of aryl methyl sites for hydroxylation is 1. The van der Waals surface area contributed by atoms with Crippen LogP contribution in [0.15, 0.2) is 34.7 Å². The monoisotopic (exact) mass is 247 g/mol. The third kappa shape index (κ3) is 2.41. The fraction of sp³-hybridized carbons (Fsp3) is 0.231. The smallest absolute Gasteiger partial charge is 0.373 e. The Morgan fingerprint density at radius 1 is 1.39 bits per heavy atom. The highest BCUT2D eigenvalue weighted by Gasteiger charge is 2.19. The van der Waals surface area contributed by atoms with Crippen molar-refractivity contribution in [2.75, 3.05) is 7.11 Å². The molecule has 0 aliphatic heterocycles. The second-order valence-electron chi connectivity index (χ2n) is 3.80. The van der Waals surface area contributed by atoms with E-state index in [2.05, 4.69) is 9.72 Å². The number of aromatic nitrogens is 1. The molecule has 0 aliphatic carbocycles. The normalized spacial score (nSPS) is 12.2. The lowest BCUT2D eigenvalue weighted by Gasteiger charge is -2.07. The fourth-order valence-corrected chi connectivity index (χ4v) is 1.57. The number of aliphatic hydroxyl groups excluding tert-OH is 1. The zero-order valence-electron chi connectivity index (χ0n) is 10.1. The van der Waals surface area contributed by atoms with Crippen molar-refractivity contribution in [2.45, 2.75) is 13.0 Å². The summed E-state index contributed by atoms with van der Waals surface area (Å²) in [5.74, 6) is -0.265. The Morgan fingerprint density at radius 2 is 2.17 bits per heavy atom. The molecule has 2 aromatic rings. The molecular formula is C13H13NO4. The number of nitrogens with zero attached hydrogens (tertiary/aromatic N) is 1. The van der Waals surface area contributed by atoms with Crippen LogP contribution in [0.2, 0.25) is 0 Å². The van der Waals surface area contributed by atoms with Crippen LogP contribution in [0, 0.1) is 6.92 Å². The second-order valence-corrected chi connectivity index (χ2v) is 3.80. The molecule has 1 unspecified atom stereocenters. The summed E-state index contributed by atoms with van der Waals surface area (Å²) in [6, 6.07) is 8.31. The van der Waals surface area contributed by atoms with Gasteiger partial charge in [-0.05, 0) is 31.2 Å². The molecule has 0 radical (unpaired) electrons. The number of hydrogen-bond donors (Lipinski definition) is 1. The number of aliphatic hydroxyl groups is 1. The fourth-order valence-electron chi connectivity index (χ4n) is 1.57. The minimum absolute atomic E-state index is 0.0548. The van der Waals surface area contributed by atoms with Gasteiger partial charge in [-0.3, -0.25) is 4.98 Å². The first-order chi connectivity index (χ1) is 8.61. The van der Waals surface area contributed by atoms with Crippen LogP contribution in [0.1, 0.15) is 33.8 Å². The van der Waals surface area contributed by atoms with Gasteiger partial charge >= 0.3 is 5.97 Å². The molecular weight excluding hydrogens is 234 g/mol. The van der Waals surface area contributed by atoms with E-state index in [1.54, 1.807) is 12.1 Å². The minimum atomic E-state index is -0.997. The van der Waals surface area contributed by atoms with Crippen LogP contribution in [0.25, 0.3) is 0 Å². The summed E-state index contributed by atoms with van der Waals surface area (Å²) in [6.45, 7) is 1.83. The van der Waals surface area contributed by atoms with E-state index >= 15 is 0 Å². The largest absolute Gasteiger partial charge is 0.463 e. The molecule has 5 heteroatoms. The van der Waals surface area contributed by atoms with Gasteiger partial charge in [0.05, 0.1) is 12.8 Å². The van der Waals surface area contributed by atoms with Gasteiger partial charge in [-0.15, -0.1) is 0 Å². The second kappa shape index (κ2) is 5.01. The van der Waals surface area contributed by atoms with Crippen molar-refractivity contribution in [1.29, 1.82) is 0 Å². The van der Waals surface area contributed by atoms with Gasteiger partial charge in [0, 0.05) is 5.69 Å². The number of methoxy groups -OCH3 is 1. The maximum Gasteiger partial charge on any atom is 0.373 e. The molecule has 1 atom stereocenters. The number of carbonyl (C=O) groups excluding carboxylic acids is 1. The number of furan rings is 1. The minimum Gasteiger partial charge on any atom is -0.463 e. The predicted octanol–water partition coefficient (Wildman–Crippen LogP) is 1.85. The Kier molecular flexibility index (Phi) is 3.43. The summed E-state index contributed by atoms with van der Waals surface area (Å²) in [5.41, 5.74) is 1.27. The van der Waals surface area contributed by atoms with Crippen molar-refractivity contribution in [1.82, 2.24) is 4.98 Å². The average Bonchev–Trinajstić information content (AvgIpc) is 2.86. The van der Waals surface area contributed by atoms with Crippen molar-refractivity contribution in [3.63, 3.8) is 0 Å². The van der Waals surface area contributed by atoms with Crippen LogP contribution in [0.3, 0.4) is 0 Å². The molecule has 0 amide bonds. The van der Waals surface area contributed by atoms with Crippen LogP contribution in [-0.2, 0) is 4.74 Å². The summed E-state index contributed by atoms with van der Waals surface area (Å²) in [5, 5.41) is 10.1. The Morgan fingerprint density at radius 3 is 2.83 bits per heavy atom. The molecule has 0 bridgehead atoms. The zero-order chi connectivity index (χ0) is 13.1. The first-order valence-corrected chi connectivity index (χ1v) is 5.41. The van der Waals surface area contributed by atoms with E-state index in [0.29, 0.717) is 5.69 Å². The number of carbonyl (C=O) groups is 1. The Balaban J connectivity index is 2.26. The van der Waals surface area contributed by atoms with Crippen molar-refractivity contribution in [3.8, 4) is 0 Å². The summed E-state index contributed by atoms with van der Waals surface area (Å²) in [6.07, 6.45) is -0.997. The van der Waals surface area contributed by atoms with Crippen LogP contribution in [0.4, 0.5) is 0 Å². The van der Waals surface area contributed by atoms with Crippen LogP contribution >= 0.6 is 0 Å². The first kappa shape index (κ1) is 12.3. The Hall–Kier alpha value is -2.14. The zero-order valence-corrected chi connectivity index (χ0v) is 10.1. The van der Waals surface area contributed by atoms with Gasteiger partial charge in [0.15, 0.2) is 6.10 Å². The Bertz CT molecular complexity index is 562. The van der Waals surface area contributed by atoms with Crippen LogP contribution < -0.4 is 0 Å². The number of pyridine rings is 1. The lowest BCUT2D eigenvalue weighted by atomic mass is 10.2. The molecule has 1 N–H and O–H groups in total. The molecule has 2 aromatic heterocycles. The summed E-state index contributed by atoms with van der Waals surface area (Å²) < 4.78 is 9.75. The molecule has 18 heavy (non-hydrogen) atoms. The number of rotatable bonds is 3. The van der Waals surface area contributed by atoms with Crippen molar-refractivity contribution in [2.24, 2.45) is 0 Å². The highest BCUT2D eigenvalue weighted by Crippen LogP contribution is 2.22. The van der Waals surface area contributed by atoms with E-state index in [0.717, 1.165) is 5.69 Å². The first-order valence-electron chi connectivity index (χ1n) is 5.41. The van der Waals surface area contributed by atoms with Crippen molar-refractivity contribution in [3.05, 3.63) is 53.2 Å². The van der Waals surface area contributed by atoms with E-state index in [9.17, 15) is 9.90 Å². The number of esters is 1. The third-order valence-corrected chi connectivity index (χ3v) is 2.47. The lowest BCUT2D eigenvalue weighted by molar-refractivity contribution is 0.0557. The van der Waals surface area contributed by atoms with Gasteiger partial charge in [-0.2, -0.15) is 0 Å². The molecule has 0 saturated carbocycles. The molecule has 0 fully saturated rings. The van der Waals surface area contributed by atoms with E-state index in [-0.39, 0.29) is 11.5 Å². The van der Waals surface area contributed by atoms with Gasteiger partial charge in [0.25, 0.3) is 0 Å². The van der Waals surface area contributed by atoms with E-state index < -0.39 is 12.1 Å². The standard InChI is InChI=1S/C13H13NO4/c1-8-4-3-5-9(14-8)12(15)10-6-7-11(18-10)13(16)17-2/h3-7,12,15H,1-2H3. The number of ether oxygens (including phenoxy) is 1. The van der Waals surface area contributed by atoms with E-state index in [1.165, 1.54) is 19.2 Å². The number of hydrogen-bond acceptors (Lipinski definition) is 5. The third-order valence-electron chi connectivity index (χ3n) is 2.47. The topological polar surface area (TPSA) is 72.6 Å². The van der Waals surface area contributed by atoms with E-state index in [4.69, 9.17) is 4.42 Å². The summed E-state index contributed by atoms with van der Waals surface area (Å²) in [4.78, 5) is 15.4. The van der Waals surface area contributed by atoms with E-state index in [1.807, 2.05) is 13.0 Å². The summed E-state index contributed by atoms with van der Waals surface area (Å²) >= 11 is 0. The molecule has 2 heterocycles. The van der Waals surface area contributed by atoms with Gasteiger partial charge in [-0.25, -0.2) is 4.79 Å². The van der Waals surface area contributed by atoms with Crippen LogP contribution in [0.5, 0.6) is 0 Å².